The van der Waals surface area contributed by atoms with Crippen LogP contribution in [0.5, 0.6) is 0 Å². The van der Waals surface area contributed by atoms with Crippen molar-refractivity contribution >= 4 is 5.69 Å². The fourth-order valence-corrected chi connectivity index (χ4v) is 1.03. The summed E-state index contributed by atoms with van der Waals surface area (Å²) in [5, 5.41) is 0. The summed E-state index contributed by atoms with van der Waals surface area (Å²) in [6.07, 6.45) is -4.85. The molecule has 0 aliphatic rings. The topological polar surface area (TPSA) is 52.0 Å². The molecule has 4 N–H and O–H groups in total. The monoisotopic (exact) mass is 226 g/mol. The highest BCUT2D eigenvalue weighted by Crippen LogP contribution is 2.33. The largest absolute Gasteiger partial charge is 0.407 e. The van der Waals surface area contributed by atoms with Gasteiger partial charge in [-0.2, -0.15) is 13.2 Å². The molecule has 0 saturated heterocycles. The van der Waals surface area contributed by atoms with Crippen molar-refractivity contribution in [2.24, 2.45) is 5.73 Å². The van der Waals surface area contributed by atoms with E-state index in [4.69, 9.17) is 11.5 Å². The standard InChI is InChI=1S/C8H7F5N2/c9-5-2-3(14)1-4(6(5)10)7(15)8(11,12)13/h1-2,7H,14-15H2/t7-/m0/s1. The van der Waals surface area contributed by atoms with Gasteiger partial charge in [0.25, 0.3) is 0 Å². The maximum atomic E-state index is 13.0. The van der Waals surface area contributed by atoms with Crippen LogP contribution in [0, 0.1) is 11.6 Å². The lowest BCUT2D eigenvalue weighted by Gasteiger charge is -2.17. The minimum Gasteiger partial charge on any atom is -0.399 e. The van der Waals surface area contributed by atoms with Gasteiger partial charge in [0.2, 0.25) is 0 Å². The van der Waals surface area contributed by atoms with Crippen LogP contribution in [0.1, 0.15) is 11.6 Å². The first-order valence-corrected chi connectivity index (χ1v) is 3.80. The van der Waals surface area contributed by atoms with Crippen LogP contribution in [0.3, 0.4) is 0 Å². The lowest BCUT2D eigenvalue weighted by atomic mass is 10.1. The van der Waals surface area contributed by atoms with Gasteiger partial charge in [0.1, 0.15) is 6.04 Å². The van der Waals surface area contributed by atoms with Crippen molar-refractivity contribution in [3.8, 4) is 0 Å². The molecular weight excluding hydrogens is 219 g/mol. The zero-order valence-corrected chi connectivity index (χ0v) is 7.28. The van der Waals surface area contributed by atoms with E-state index in [9.17, 15) is 22.0 Å². The third-order valence-corrected chi connectivity index (χ3v) is 1.77. The molecule has 0 radical (unpaired) electrons. The highest BCUT2D eigenvalue weighted by atomic mass is 19.4. The van der Waals surface area contributed by atoms with Crippen molar-refractivity contribution in [2.45, 2.75) is 12.2 Å². The first kappa shape index (κ1) is 11.7. The van der Waals surface area contributed by atoms with Crippen LogP contribution in [0.15, 0.2) is 12.1 Å². The maximum absolute atomic E-state index is 13.0. The zero-order valence-electron chi connectivity index (χ0n) is 7.28. The van der Waals surface area contributed by atoms with Gasteiger partial charge in [-0.15, -0.1) is 0 Å². The van der Waals surface area contributed by atoms with Crippen molar-refractivity contribution in [1.82, 2.24) is 0 Å². The van der Waals surface area contributed by atoms with Gasteiger partial charge in [-0.3, -0.25) is 0 Å². The molecule has 2 nitrogen and oxygen atoms in total. The van der Waals surface area contributed by atoms with Gasteiger partial charge in [-0.1, -0.05) is 0 Å². The molecule has 0 unspecified atom stereocenters. The lowest BCUT2D eigenvalue weighted by Crippen LogP contribution is -2.29. The summed E-state index contributed by atoms with van der Waals surface area (Å²) in [5.41, 5.74) is 8.49. The molecule has 84 valence electrons. The Morgan fingerprint density at radius 3 is 2.13 bits per heavy atom. The molecule has 1 rings (SSSR count). The summed E-state index contributed by atoms with van der Waals surface area (Å²) < 4.78 is 62.0. The van der Waals surface area contributed by atoms with E-state index in [1.54, 1.807) is 0 Å². The van der Waals surface area contributed by atoms with E-state index >= 15 is 0 Å². The second-order valence-electron chi connectivity index (χ2n) is 2.93. The minimum absolute atomic E-state index is 0.316. The first-order valence-electron chi connectivity index (χ1n) is 3.80. The van der Waals surface area contributed by atoms with Gasteiger partial charge in [0.15, 0.2) is 11.6 Å². The Kier molecular flexibility index (Phi) is 2.85. The average molecular weight is 226 g/mol. The van der Waals surface area contributed by atoms with E-state index < -0.39 is 29.4 Å². The van der Waals surface area contributed by atoms with Crippen LogP contribution < -0.4 is 11.5 Å². The molecule has 1 aromatic carbocycles. The van der Waals surface area contributed by atoms with Crippen molar-refractivity contribution in [2.75, 3.05) is 5.73 Å². The molecule has 0 amide bonds. The van der Waals surface area contributed by atoms with Gasteiger partial charge in [-0.05, 0) is 12.1 Å². The van der Waals surface area contributed by atoms with Crippen molar-refractivity contribution in [3.05, 3.63) is 29.3 Å². The van der Waals surface area contributed by atoms with Crippen LogP contribution in [0.25, 0.3) is 0 Å². The minimum atomic E-state index is -4.85. The quantitative estimate of drug-likeness (QED) is 0.569. The highest BCUT2D eigenvalue weighted by Gasteiger charge is 2.40. The Morgan fingerprint density at radius 2 is 1.67 bits per heavy atom. The molecule has 1 atom stereocenters. The molecule has 0 fully saturated rings. The van der Waals surface area contributed by atoms with Crippen molar-refractivity contribution in [1.29, 1.82) is 0 Å². The van der Waals surface area contributed by atoms with Gasteiger partial charge < -0.3 is 11.5 Å². The van der Waals surface area contributed by atoms with Gasteiger partial charge >= 0.3 is 6.18 Å². The molecule has 0 bridgehead atoms. The van der Waals surface area contributed by atoms with Gasteiger partial charge in [0, 0.05) is 11.3 Å². The second-order valence-corrected chi connectivity index (χ2v) is 2.93. The number of hydrogen-bond acceptors (Lipinski definition) is 2. The number of benzene rings is 1. The number of halogens is 5. The normalized spacial score (nSPS) is 14.0. The van der Waals surface area contributed by atoms with Crippen LogP contribution in [0.4, 0.5) is 27.6 Å². The van der Waals surface area contributed by atoms with E-state index in [0.29, 0.717) is 12.1 Å². The maximum Gasteiger partial charge on any atom is 0.407 e. The van der Waals surface area contributed by atoms with Gasteiger partial charge in [0.05, 0.1) is 0 Å². The van der Waals surface area contributed by atoms with Crippen molar-refractivity contribution < 1.29 is 22.0 Å². The Morgan fingerprint density at radius 1 is 1.13 bits per heavy atom. The summed E-state index contributed by atoms with van der Waals surface area (Å²) in [5.74, 6) is -3.08. The number of alkyl halides is 3. The molecule has 0 aliphatic carbocycles. The molecule has 0 aromatic heterocycles. The van der Waals surface area contributed by atoms with Crippen LogP contribution >= 0.6 is 0 Å². The summed E-state index contributed by atoms with van der Waals surface area (Å²) in [7, 11) is 0. The lowest BCUT2D eigenvalue weighted by molar-refractivity contribution is -0.149. The van der Waals surface area contributed by atoms with Crippen LogP contribution in [-0.2, 0) is 0 Å². The molecule has 1 aromatic rings. The van der Waals surface area contributed by atoms with E-state index in [2.05, 4.69) is 0 Å². The first-order chi connectivity index (χ1) is 6.73. The number of nitrogen functional groups attached to an aromatic ring is 1. The molecule has 0 heterocycles. The SMILES string of the molecule is Nc1cc(F)c(F)c([C@H](N)C(F)(F)F)c1. The van der Waals surface area contributed by atoms with Crippen molar-refractivity contribution in [3.63, 3.8) is 0 Å². The number of hydrogen-bond donors (Lipinski definition) is 2. The number of nitrogens with two attached hydrogens (primary N) is 2. The number of rotatable bonds is 1. The third kappa shape index (κ3) is 2.35. The fourth-order valence-electron chi connectivity index (χ4n) is 1.03. The zero-order chi connectivity index (χ0) is 11.8. The third-order valence-electron chi connectivity index (χ3n) is 1.77. The number of anilines is 1. The molecule has 15 heavy (non-hydrogen) atoms. The summed E-state index contributed by atoms with van der Waals surface area (Å²) in [4.78, 5) is 0. The summed E-state index contributed by atoms with van der Waals surface area (Å²) in [6.45, 7) is 0. The molecular formula is C8H7F5N2. The summed E-state index contributed by atoms with van der Waals surface area (Å²) in [6, 6.07) is -1.34. The Hall–Kier alpha value is -1.37. The Balaban J connectivity index is 3.25. The van der Waals surface area contributed by atoms with Gasteiger partial charge in [-0.25, -0.2) is 8.78 Å². The second kappa shape index (κ2) is 3.65. The fraction of sp³-hybridized carbons (Fsp3) is 0.250. The van der Waals surface area contributed by atoms with E-state index in [1.807, 2.05) is 0 Å². The van der Waals surface area contributed by atoms with Crippen LogP contribution in [-0.4, -0.2) is 6.18 Å². The van der Waals surface area contributed by atoms with Crippen LogP contribution in [0.2, 0.25) is 0 Å². The van der Waals surface area contributed by atoms with E-state index in [-0.39, 0.29) is 5.69 Å². The molecule has 0 spiro atoms. The van der Waals surface area contributed by atoms with E-state index in [0.717, 1.165) is 0 Å². The molecule has 0 saturated carbocycles. The molecule has 7 heteroatoms. The predicted octanol–water partition coefficient (Wildman–Crippen LogP) is 2.11. The Labute approximate surface area is 81.7 Å². The predicted molar refractivity (Wildman–Crippen MR) is 43.8 cm³/mol. The smallest absolute Gasteiger partial charge is 0.399 e. The van der Waals surface area contributed by atoms with E-state index in [1.165, 1.54) is 0 Å². The average Bonchev–Trinajstić information content (AvgIpc) is 2.08. The molecule has 0 aliphatic heterocycles. The summed E-state index contributed by atoms with van der Waals surface area (Å²) >= 11 is 0. The highest BCUT2D eigenvalue weighted by molar-refractivity contribution is 5.43. The Bertz CT molecular complexity index is 374.